The highest BCUT2D eigenvalue weighted by atomic mass is 19.1. The molecule has 0 spiro atoms. The molecule has 4 heteroatoms. The van der Waals surface area contributed by atoms with Gasteiger partial charge in [0.1, 0.15) is 18.2 Å². The van der Waals surface area contributed by atoms with Gasteiger partial charge in [0.05, 0.1) is 11.7 Å². The zero-order valence-electron chi connectivity index (χ0n) is 10.0. The first-order valence-electron chi connectivity index (χ1n) is 5.64. The molecule has 0 amide bonds. The fourth-order valence-corrected chi connectivity index (χ4v) is 1.50. The van der Waals surface area contributed by atoms with Gasteiger partial charge in [0.2, 0.25) is 0 Å². The van der Waals surface area contributed by atoms with Gasteiger partial charge >= 0.3 is 0 Å². The molecule has 1 aromatic carbocycles. The number of ether oxygens (including phenoxy) is 1. The van der Waals surface area contributed by atoms with Crippen LogP contribution < -0.4 is 0 Å². The van der Waals surface area contributed by atoms with Gasteiger partial charge in [-0.05, 0) is 25.5 Å². The Hall–Kier alpha value is -1.29. The summed E-state index contributed by atoms with van der Waals surface area (Å²) in [6.45, 7) is 3.70. The predicted octanol–water partition coefficient (Wildman–Crippen LogP) is 3.35. The van der Waals surface area contributed by atoms with Gasteiger partial charge in [0.15, 0.2) is 5.78 Å². The first kappa shape index (κ1) is 13.8. The number of benzene rings is 1. The van der Waals surface area contributed by atoms with Gasteiger partial charge in [-0.15, -0.1) is 0 Å². The smallest absolute Gasteiger partial charge is 0.191 e. The molecule has 0 aliphatic heterocycles. The van der Waals surface area contributed by atoms with E-state index in [-0.39, 0.29) is 18.3 Å². The van der Waals surface area contributed by atoms with Crippen LogP contribution in [0.3, 0.4) is 0 Å². The molecule has 0 saturated carbocycles. The standard InChI is InChI=1S/C13H16F2O2/c1-3-4-9(2)17-8-13(16)11-6-5-10(14)7-12(11)15/h5-7,9H,3-4,8H2,1-2H3. The molecule has 0 aliphatic rings. The molecule has 0 aliphatic carbocycles. The summed E-state index contributed by atoms with van der Waals surface area (Å²) in [5, 5.41) is 0. The molecule has 1 unspecified atom stereocenters. The molecule has 2 nitrogen and oxygen atoms in total. The number of carbonyl (C=O) groups excluding carboxylic acids is 1. The van der Waals surface area contributed by atoms with Crippen LogP contribution in [0, 0.1) is 11.6 Å². The highest BCUT2D eigenvalue weighted by molar-refractivity contribution is 5.97. The van der Waals surface area contributed by atoms with Gasteiger partial charge in [-0.3, -0.25) is 4.79 Å². The van der Waals surface area contributed by atoms with Crippen molar-refractivity contribution in [3.05, 3.63) is 35.4 Å². The van der Waals surface area contributed by atoms with Crippen molar-refractivity contribution < 1.29 is 18.3 Å². The van der Waals surface area contributed by atoms with Gasteiger partial charge in [0, 0.05) is 6.07 Å². The molecular formula is C13H16F2O2. The molecule has 0 heterocycles. The minimum absolute atomic E-state index is 0.0348. The van der Waals surface area contributed by atoms with Crippen LogP contribution >= 0.6 is 0 Å². The zero-order valence-corrected chi connectivity index (χ0v) is 10.0. The van der Waals surface area contributed by atoms with E-state index in [1.54, 1.807) is 0 Å². The van der Waals surface area contributed by atoms with Gasteiger partial charge in [-0.25, -0.2) is 8.78 Å². The molecule has 1 atom stereocenters. The van der Waals surface area contributed by atoms with Crippen molar-refractivity contribution in [3.63, 3.8) is 0 Å². The summed E-state index contributed by atoms with van der Waals surface area (Å²) in [4.78, 5) is 11.6. The highest BCUT2D eigenvalue weighted by Crippen LogP contribution is 2.11. The van der Waals surface area contributed by atoms with E-state index in [9.17, 15) is 13.6 Å². The average Bonchev–Trinajstić information content (AvgIpc) is 2.26. The summed E-state index contributed by atoms with van der Waals surface area (Å²) < 4.78 is 31.2. The van der Waals surface area contributed by atoms with Gasteiger partial charge in [0.25, 0.3) is 0 Å². The predicted molar refractivity (Wildman–Crippen MR) is 61.0 cm³/mol. The Morgan fingerprint density at radius 3 is 2.71 bits per heavy atom. The fourth-order valence-electron chi connectivity index (χ4n) is 1.50. The van der Waals surface area contributed by atoms with Gasteiger partial charge in [-0.2, -0.15) is 0 Å². The van der Waals surface area contributed by atoms with Crippen LogP contribution in [0.5, 0.6) is 0 Å². The maximum atomic E-state index is 13.3. The van der Waals surface area contributed by atoms with Crippen molar-refractivity contribution >= 4 is 5.78 Å². The lowest BCUT2D eigenvalue weighted by Gasteiger charge is -2.11. The van der Waals surface area contributed by atoms with Crippen LogP contribution in [-0.4, -0.2) is 18.5 Å². The minimum atomic E-state index is -0.846. The Morgan fingerprint density at radius 1 is 1.41 bits per heavy atom. The molecule has 0 saturated heterocycles. The molecule has 0 fully saturated rings. The lowest BCUT2D eigenvalue weighted by atomic mass is 10.1. The average molecular weight is 242 g/mol. The fraction of sp³-hybridized carbons (Fsp3) is 0.462. The third-order valence-corrected chi connectivity index (χ3v) is 2.43. The van der Waals surface area contributed by atoms with E-state index in [0.29, 0.717) is 6.07 Å². The van der Waals surface area contributed by atoms with E-state index in [2.05, 4.69) is 0 Å². The maximum absolute atomic E-state index is 13.3. The quantitative estimate of drug-likeness (QED) is 0.715. The van der Waals surface area contributed by atoms with Crippen LogP contribution in [0.25, 0.3) is 0 Å². The number of hydrogen-bond acceptors (Lipinski definition) is 2. The molecular weight excluding hydrogens is 226 g/mol. The summed E-state index contributed by atoms with van der Waals surface area (Å²) in [5.74, 6) is -2.01. The Morgan fingerprint density at radius 2 is 2.12 bits per heavy atom. The van der Waals surface area contributed by atoms with E-state index in [4.69, 9.17) is 4.74 Å². The first-order chi connectivity index (χ1) is 8.04. The van der Waals surface area contributed by atoms with Crippen LogP contribution in [-0.2, 0) is 4.74 Å². The molecule has 94 valence electrons. The molecule has 1 rings (SSSR count). The molecule has 0 bridgehead atoms. The number of rotatable bonds is 6. The topological polar surface area (TPSA) is 26.3 Å². The van der Waals surface area contributed by atoms with Crippen LogP contribution in [0.2, 0.25) is 0 Å². The van der Waals surface area contributed by atoms with Crippen molar-refractivity contribution in [2.45, 2.75) is 32.8 Å². The summed E-state index contributed by atoms with van der Waals surface area (Å²) >= 11 is 0. The SMILES string of the molecule is CCCC(C)OCC(=O)c1ccc(F)cc1F. The van der Waals surface area contributed by atoms with Crippen LogP contribution in [0.1, 0.15) is 37.0 Å². The number of halogens is 2. The Kier molecular flexibility index (Phi) is 5.22. The lowest BCUT2D eigenvalue weighted by Crippen LogP contribution is -2.16. The second kappa shape index (κ2) is 6.45. The van der Waals surface area contributed by atoms with Crippen molar-refractivity contribution in [1.29, 1.82) is 0 Å². The second-order valence-electron chi connectivity index (χ2n) is 3.96. The summed E-state index contributed by atoms with van der Waals surface area (Å²) in [7, 11) is 0. The van der Waals surface area contributed by atoms with Gasteiger partial charge in [-0.1, -0.05) is 13.3 Å². The zero-order chi connectivity index (χ0) is 12.8. The lowest BCUT2D eigenvalue weighted by molar-refractivity contribution is 0.0487. The van der Waals surface area contributed by atoms with Crippen LogP contribution in [0.4, 0.5) is 8.78 Å². The largest absolute Gasteiger partial charge is 0.370 e. The molecule has 1 aromatic rings. The number of carbonyl (C=O) groups is 1. The van der Waals surface area contributed by atoms with Crippen molar-refractivity contribution in [2.75, 3.05) is 6.61 Å². The van der Waals surface area contributed by atoms with Crippen LogP contribution in [0.15, 0.2) is 18.2 Å². The van der Waals surface area contributed by atoms with Gasteiger partial charge < -0.3 is 4.74 Å². The number of hydrogen-bond donors (Lipinski definition) is 0. The normalized spacial score (nSPS) is 12.5. The van der Waals surface area contributed by atoms with E-state index < -0.39 is 17.4 Å². The number of Topliss-reactive ketones (excluding diaryl/α,β-unsaturated/α-hetero) is 1. The van der Waals surface area contributed by atoms with E-state index in [1.807, 2.05) is 13.8 Å². The third-order valence-electron chi connectivity index (χ3n) is 2.43. The summed E-state index contributed by atoms with van der Waals surface area (Å²) in [6.07, 6.45) is 1.77. The minimum Gasteiger partial charge on any atom is -0.370 e. The Bertz CT molecular complexity index is 391. The van der Waals surface area contributed by atoms with Crippen molar-refractivity contribution in [3.8, 4) is 0 Å². The van der Waals surface area contributed by atoms with E-state index >= 15 is 0 Å². The monoisotopic (exact) mass is 242 g/mol. The van der Waals surface area contributed by atoms with Crippen molar-refractivity contribution in [2.24, 2.45) is 0 Å². The Balaban J connectivity index is 2.58. The first-order valence-corrected chi connectivity index (χ1v) is 5.64. The van der Waals surface area contributed by atoms with E-state index in [1.165, 1.54) is 0 Å². The second-order valence-corrected chi connectivity index (χ2v) is 3.96. The van der Waals surface area contributed by atoms with E-state index in [0.717, 1.165) is 25.0 Å². The Labute approximate surface area is 99.6 Å². The molecule has 17 heavy (non-hydrogen) atoms. The highest BCUT2D eigenvalue weighted by Gasteiger charge is 2.13. The number of ketones is 1. The summed E-state index contributed by atoms with van der Waals surface area (Å²) in [6, 6.07) is 2.90. The third kappa shape index (κ3) is 4.23. The summed E-state index contributed by atoms with van der Waals surface area (Å²) in [5.41, 5.74) is -0.130. The van der Waals surface area contributed by atoms with Crippen molar-refractivity contribution in [1.82, 2.24) is 0 Å². The molecule has 0 N–H and O–H groups in total. The molecule has 0 aromatic heterocycles. The molecule has 0 radical (unpaired) electrons. The maximum Gasteiger partial charge on any atom is 0.191 e.